The van der Waals surface area contributed by atoms with E-state index in [0.29, 0.717) is 6.08 Å². The molecule has 1 aromatic rings. The monoisotopic (exact) mass is 328 g/mol. The van der Waals surface area contributed by atoms with Gasteiger partial charge >= 0.3 is 18.5 Å². The Morgan fingerprint density at radius 3 is 2.32 bits per heavy atom. The Bertz CT molecular complexity index is 631. The molecule has 1 atom stereocenters. The molecule has 0 fully saturated rings. The van der Waals surface area contributed by atoms with E-state index in [1.165, 1.54) is 0 Å². The van der Waals surface area contributed by atoms with Gasteiger partial charge in [0.05, 0.1) is 5.57 Å². The zero-order valence-electron chi connectivity index (χ0n) is 10.3. The predicted molar refractivity (Wildman–Crippen MR) is 59.2 cm³/mol. The second kappa shape index (κ2) is 5.11. The number of rotatable bonds is 2. The summed E-state index contributed by atoms with van der Waals surface area (Å²) in [5.74, 6) is -3.00. The fourth-order valence-electron chi connectivity index (χ4n) is 1.79. The number of carbonyl (C=O) groups is 1. The number of hydrogen-bond acceptors (Lipinski definition) is 3. The normalized spacial score (nSPS) is 18.1. The summed E-state index contributed by atoms with van der Waals surface area (Å²) in [6, 6.07) is 2.34. The van der Waals surface area contributed by atoms with E-state index >= 15 is 0 Å². The summed E-state index contributed by atoms with van der Waals surface area (Å²) < 4.78 is 82.6. The second-order valence-electron chi connectivity index (χ2n) is 4.19. The van der Waals surface area contributed by atoms with Crippen LogP contribution in [0.15, 0.2) is 23.8 Å². The van der Waals surface area contributed by atoms with Gasteiger partial charge in [0.15, 0.2) is 0 Å². The maximum Gasteiger partial charge on any atom is 0.573 e. The standard InChI is InChI=1S/C12H6F6O4/c13-11(14,15)9-7(10(19)20)4-5-3-6(22-12(16,17)18)1-2-8(5)21-9/h1-4,9H,(H,19,20)/t9-/m1/s1. The molecule has 1 heterocycles. The summed E-state index contributed by atoms with van der Waals surface area (Å²) in [5.41, 5.74) is -1.40. The van der Waals surface area contributed by atoms with E-state index in [2.05, 4.69) is 9.47 Å². The number of fused-ring (bicyclic) bond motifs is 1. The molecule has 0 saturated carbocycles. The van der Waals surface area contributed by atoms with Crippen LogP contribution in [0.5, 0.6) is 11.5 Å². The summed E-state index contributed by atoms with van der Waals surface area (Å²) in [4.78, 5) is 10.9. The zero-order valence-corrected chi connectivity index (χ0v) is 10.3. The first-order valence-corrected chi connectivity index (χ1v) is 5.55. The van der Waals surface area contributed by atoms with Gasteiger partial charge in [0.2, 0.25) is 6.10 Å². The maximum absolute atomic E-state index is 12.7. The van der Waals surface area contributed by atoms with Gasteiger partial charge in [-0.15, -0.1) is 13.2 Å². The minimum absolute atomic E-state index is 0.264. The summed E-state index contributed by atoms with van der Waals surface area (Å²) >= 11 is 0. The quantitative estimate of drug-likeness (QED) is 0.846. The van der Waals surface area contributed by atoms with Gasteiger partial charge in [-0.2, -0.15) is 13.2 Å². The average Bonchev–Trinajstić information content (AvgIpc) is 2.33. The van der Waals surface area contributed by atoms with E-state index in [1.54, 1.807) is 0 Å². The first-order chi connectivity index (χ1) is 9.97. The highest BCUT2D eigenvalue weighted by Gasteiger charge is 2.48. The third kappa shape index (κ3) is 3.43. The molecular formula is C12H6F6O4. The van der Waals surface area contributed by atoms with Crippen LogP contribution < -0.4 is 9.47 Å². The van der Waals surface area contributed by atoms with Crippen LogP contribution in [0.4, 0.5) is 26.3 Å². The lowest BCUT2D eigenvalue weighted by Gasteiger charge is -2.27. The number of carboxylic acids is 1. The molecule has 4 nitrogen and oxygen atoms in total. The molecule has 1 N–H and O–H groups in total. The lowest BCUT2D eigenvalue weighted by molar-refractivity contribution is -0.274. The van der Waals surface area contributed by atoms with Crippen molar-refractivity contribution >= 4 is 12.0 Å². The minimum Gasteiger partial charge on any atom is -0.478 e. The van der Waals surface area contributed by atoms with Gasteiger partial charge in [0.25, 0.3) is 0 Å². The molecular weight excluding hydrogens is 322 g/mol. The minimum atomic E-state index is -4.99. The smallest absolute Gasteiger partial charge is 0.478 e. The third-order valence-corrected chi connectivity index (χ3v) is 2.60. The fourth-order valence-corrected chi connectivity index (χ4v) is 1.79. The van der Waals surface area contributed by atoms with Crippen molar-refractivity contribution in [3.05, 3.63) is 29.3 Å². The van der Waals surface area contributed by atoms with Gasteiger partial charge in [-0.3, -0.25) is 0 Å². The van der Waals surface area contributed by atoms with E-state index in [1.807, 2.05) is 0 Å². The fraction of sp³-hybridized carbons (Fsp3) is 0.250. The molecule has 1 aliphatic rings. The maximum atomic E-state index is 12.7. The van der Waals surface area contributed by atoms with Crippen molar-refractivity contribution in [3.63, 3.8) is 0 Å². The molecule has 22 heavy (non-hydrogen) atoms. The van der Waals surface area contributed by atoms with Crippen LogP contribution in [0.1, 0.15) is 5.56 Å². The number of alkyl halides is 6. The Morgan fingerprint density at radius 1 is 1.18 bits per heavy atom. The Hall–Kier alpha value is -2.39. The van der Waals surface area contributed by atoms with Gasteiger partial charge in [-0.1, -0.05) is 0 Å². The number of ether oxygens (including phenoxy) is 2. The predicted octanol–water partition coefficient (Wildman–Crippen LogP) is 3.38. The molecule has 2 rings (SSSR count). The Morgan fingerprint density at radius 2 is 1.82 bits per heavy atom. The summed E-state index contributed by atoms with van der Waals surface area (Å²) in [5, 5.41) is 8.79. The van der Waals surface area contributed by atoms with E-state index in [9.17, 15) is 31.1 Å². The lowest BCUT2D eigenvalue weighted by Crippen LogP contribution is -2.40. The highest BCUT2D eigenvalue weighted by molar-refractivity contribution is 5.95. The van der Waals surface area contributed by atoms with Gasteiger partial charge in [0.1, 0.15) is 11.5 Å². The van der Waals surface area contributed by atoms with Crippen LogP contribution in [0.25, 0.3) is 6.08 Å². The SMILES string of the molecule is O=C(O)C1=Cc2cc(OC(F)(F)F)ccc2O[C@H]1C(F)(F)F. The molecule has 10 heteroatoms. The van der Waals surface area contributed by atoms with Crippen molar-refractivity contribution in [1.82, 2.24) is 0 Å². The average molecular weight is 328 g/mol. The number of halogens is 6. The van der Waals surface area contributed by atoms with E-state index < -0.39 is 41.7 Å². The van der Waals surface area contributed by atoms with Crippen LogP contribution in [0.2, 0.25) is 0 Å². The van der Waals surface area contributed by atoms with Crippen molar-refractivity contribution in [2.24, 2.45) is 0 Å². The Balaban J connectivity index is 2.43. The van der Waals surface area contributed by atoms with Crippen LogP contribution in [-0.4, -0.2) is 29.7 Å². The Kier molecular flexibility index (Phi) is 3.71. The van der Waals surface area contributed by atoms with Crippen molar-refractivity contribution < 1.29 is 45.7 Å². The number of carboxylic acid groups (broad SMARTS) is 1. The molecule has 0 aromatic heterocycles. The van der Waals surface area contributed by atoms with Crippen LogP contribution in [0, 0.1) is 0 Å². The highest BCUT2D eigenvalue weighted by atomic mass is 19.4. The van der Waals surface area contributed by atoms with Crippen molar-refractivity contribution in [2.45, 2.75) is 18.6 Å². The third-order valence-electron chi connectivity index (χ3n) is 2.60. The molecule has 0 saturated heterocycles. The summed E-state index contributed by atoms with van der Waals surface area (Å²) in [6.45, 7) is 0. The van der Waals surface area contributed by atoms with Crippen LogP contribution >= 0.6 is 0 Å². The first-order valence-electron chi connectivity index (χ1n) is 5.55. The Labute approximate surface area is 118 Å². The molecule has 0 aliphatic carbocycles. The molecule has 0 bridgehead atoms. The van der Waals surface area contributed by atoms with Gasteiger partial charge in [-0.25, -0.2) is 4.79 Å². The van der Waals surface area contributed by atoms with Crippen LogP contribution in [0.3, 0.4) is 0 Å². The topological polar surface area (TPSA) is 55.8 Å². The number of aliphatic carboxylic acids is 1. The molecule has 1 aromatic carbocycles. The molecule has 120 valence electrons. The molecule has 0 radical (unpaired) electrons. The van der Waals surface area contributed by atoms with Crippen molar-refractivity contribution in [3.8, 4) is 11.5 Å². The highest BCUT2D eigenvalue weighted by Crippen LogP contribution is 2.39. The number of benzene rings is 1. The van der Waals surface area contributed by atoms with E-state index in [0.717, 1.165) is 18.2 Å². The molecule has 0 unspecified atom stereocenters. The van der Waals surface area contributed by atoms with E-state index in [4.69, 9.17) is 5.11 Å². The van der Waals surface area contributed by atoms with Crippen molar-refractivity contribution in [1.29, 1.82) is 0 Å². The molecule has 0 spiro atoms. The summed E-state index contributed by atoms with van der Waals surface area (Å²) in [6.07, 6.45) is -12.1. The van der Waals surface area contributed by atoms with E-state index in [-0.39, 0.29) is 5.56 Å². The largest absolute Gasteiger partial charge is 0.573 e. The molecule has 0 amide bonds. The second-order valence-corrected chi connectivity index (χ2v) is 4.19. The van der Waals surface area contributed by atoms with Gasteiger partial charge in [0, 0.05) is 5.56 Å². The van der Waals surface area contributed by atoms with Gasteiger partial charge < -0.3 is 14.6 Å². The zero-order chi connectivity index (χ0) is 16.7. The first kappa shape index (κ1) is 16.0. The molecule has 1 aliphatic heterocycles. The van der Waals surface area contributed by atoms with Crippen molar-refractivity contribution in [2.75, 3.05) is 0 Å². The lowest BCUT2D eigenvalue weighted by atomic mass is 10.0. The van der Waals surface area contributed by atoms with Crippen LogP contribution in [-0.2, 0) is 4.79 Å². The summed E-state index contributed by atoms with van der Waals surface area (Å²) in [7, 11) is 0. The van der Waals surface area contributed by atoms with Gasteiger partial charge in [-0.05, 0) is 24.3 Å². The number of hydrogen-bond donors (Lipinski definition) is 1.